The Kier molecular flexibility index (Phi) is 4.43. The van der Waals surface area contributed by atoms with Crippen molar-refractivity contribution in [3.8, 4) is 0 Å². The molecule has 3 saturated heterocycles. The molecular formula is C12H17INO7. The van der Waals surface area contributed by atoms with Gasteiger partial charge < -0.3 is 23.7 Å². The second kappa shape index (κ2) is 5.87. The van der Waals surface area contributed by atoms with Gasteiger partial charge in [0.15, 0.2) is 0 Å². The first kappa shape index (κ1) is 15.8. The van der Waals surface area contributed by atoms with Crippen LogP contribution in [-0.4, -0.2) is 59.3 Å². The number of hydroxylamine groups is 2. The Morgan fingerprint density at radius 1 is 1.14 bits per heavy atom. The maximum Gasteiger partial charge on any atom is 0.318 e. The van der Waals surface area contributed by atoms with Crippen LogP contribution in [0, 0.1) is 0 Å². The van der Waals surface area contributed by atoms with Gasteiger partial charge in [-0.3, -0.25) is 4.79 Å². The predicted octanol–water partition coefficient (Wildman–Crippen LogP) is 0.564. The smallest absolute Gasteiger partial charge is 0.318 e. The van der Waals surface area contributed by atoms with E-state index in [-0.39, 0.29) is 22.7 Å². The number of esters is 1. The van der Waals surface area contributed by atoms with E-state index in [1.807, 2.05) is 22.6 Å². The highest BCUT2D eigenvalue weighted by Gasteiger charge is 2.63. The van der Waals surface area contributed by atoms with Gasteiger partial charge in [-0.05, 0) is 12.0 Å². The van der Waals surface area contributed by atoms with Gasteiger partial charge in [0.2, 0.25) is 0 Å². The van der Waals surface area contributed by atoms with E-state index in [0.717, 1.165) is 0 Å². The topological polar surface area (TPSA) is 86.4 Å². The maximum absolute atomic E-state index is 12.6. The molecule has 0 aromatic rings. The zero-order valence-electron chi connectivity index (χ0n) is 11.6. The molecular weight excluding hydrogens is 397 g/mol. The average molecular weight is 414 g/mol. The SMILES string of the molecule is CC(I)C(=O)OC1CC2(OCCO2)N([O])C2(C1)OCCO2. The lowest BCUT2D eigenvalue weighted by atomic mass is 10.0. The molecule has 3 aliphatic rings. The number of ether oxygens (including phenoxy) is 5. The molecule has 3 rings (SSSR count). The molecule has 0 aliphatic carbocycles. The zero-order valence-corrected chi connectivity index (χ0v) is 13.7. The van der Waals surface area contributed by atoms with Crippen LogP contribution in [0.3, 0.4) is 0 Å². The van der Waals surface area contributed by atoms with E-state index in [0.29, 0.717) is 31.5 Å². The van der Waals surface area contributed by atoms with Crippen molar-refractivity contribution in [1.82, 2.24) is 5.06 Å². The largest absolute Gasteiger partial charge is 0.461 e. The van der Waals surface area contributed by atoms with E-state index in [1.54, 1.807) is 6.92 Å². The summed E-state index contributed by atoms with van der Waals surface area (Å²) in [4.78, 5) is 11.8. The van der Waals surface area contributed by atoms with E-state index in [1.165, 1.54) is 0 Å². The first-order valence-corrected chi connectivity index (χ1v) is 8.10. The first-order valence-electron chi connectivity index (χ1n) is 6.85. The number of piperidine rings is 1. The van der Waals surface area contributed by atoms with Crippen molar-refractivity contribution in [2.24, 2.45) is 0 Å². The summed E-state index contributed by atoms with van der Waals surface area (Å²) in [7, 11) is 0. The standard InChI is InChI=1S/C12H17INO7/c1-8(13)10(15)21-9-6-11(17-2-3-18-11)14(16)12(7-9)19-4-5-20-12/h8-9H,2-7H2,1H3. The van der Waals surface area contributed by atoms with Crippen LogP contribution in [0.1, 0.15) is 19.8 Å². The van der Waals surface area contributed by atoms with Crippen molar-refractivity contribution in [2.45, 2.75) is 41.6 Å². The van der Waals surface area contributed by atoms with Gasteiger partial charge in [0.05, 0.1) is 39.3 Å². The van der Waals surface area contributed by atoms with Crippen LogP contribution < -0.4 is 0 Å². The number of hydrogen-bond acceptors (Lipinski definition) is 7. The van der Waals surface area contributed by atoms with Gasteiger partial charge in [-0.25, -0.2) is 0 Å². The summed E-state index contributed by atoms with van der Waals surface area (Å²) in [6.07, 6.45) is -0.281. The molecule has 1 atom stereocenters. The van der Waals surface area contributed by atoms with Crippen LogP contribution in [0.15, 0.2) is 0 Å². The Bertz CT molecular complexity index is 380. The van der Waals surface area contributed by atoms with Gasteiger partial charge in [-0.15, -0.1) is 5.21 Å². The number of alkyl halides is 1. The molecule has 3 aliphatic heterocycles. The molecule has 3 heterocycles. The molecule has 0 bridgehead atoms. The molecule has 0 saturated carbocycles. The fraction of sp³-hybridized carbons (Fsp3) is 0.917. The van der Waals surface area contributed by atoms with Gasteiger partial charge >= 0.3 is 5.97 Å². The summed E-state index contributed by atoms with van der Waals surface area (Å²) in [5, 5.41) is 13.2. The Balaban J connectivity index is 1.81. The Hall–Kier alpha value is -0.0400. The lowest BCUT2D eigenvalue weighted by Crippen LogP contribution is -2.66. The van der Waals surface area contributed by atoms with Gasteiger partial charge in [0.1, 0.15) is 10.0 Å². The molecule has 3 fully saturated rings. The van der Waals surface area contributed by atoms with Crippen LogP contribution in [0.5, 0.6) is 0 Å². The summed E-state index contributed by atoms with van der Waals surface area (Å²) in [6, 6.07) is 0. The monoisotopic (exact) mass is 414 g/mol. The minimum absolute atomic E-state index is 0.139. The van der Waals surface area contributed by atoms with Crippen LogP contribution in [0.25, 0.3) is 0 Å². The molecule has 119 valence electrons. The summed E-state index contributed by atoms with van der Waals surface area (Å²) in [5.41, 5.74) is 0. The summed E-state index contributed by atoms with van der Waals surface area (Å²) >= 11 is 1.98. The normalized spacial score (nSPS) is 32.6. The fourth-order valence-corrected chi connectivity index (χ4v) is 2.92. The highest BCUT2D eigenvalue weighted by molar-refractivity contribution is 14.1. The van der Waals surface area contributed by atoms with Crippen molar-refractivity contribution in [3.63, 3.8) is 0 Å². The van der Waals surface area contributed by atoms with Crippen molar-refractivity contribution in [3.05, 3.63) is 0 Å². The van der Waals surface area contributed by atoms with E-state index in [2.05, 4.69) is 0 Å². The number of nitrogens with zero attached hydrogens (tertiary/aromatic N) is 1. The Labute approximate surface area is 135 Å². The number of carbonyl (C=O) groups is 1. The van der Waals surface area contributed by atoms with Crippen molar-refractivity contribution >= 4 is 28.6 Å². The second-order valence-corrected chi connectivity index (χ2v) is 7.07. The lowest BCUT2D eigenvalue weighted by molar-refractivity contribution is -0.509. The van der Waals surface area contributed by atoms with E-state index in [4.69, 9.17) is 23.7 Å². The highest BCUT2D eigenvalue weighted by Crippen LogP contribution is 2.45. The van der Waals surface area contributed by atoms with Gasteiger partial charge in [0.25, 0.3) is 11.8 Å². The number of rotatable bonds is 2. The van der Waals surface area contributed by atoms with Crippen LogP contribution in [0.4, 0.5) is 0 Å². The summed E-state index contributed by atoms with van der Waals surface area (Å²) in [6.45, 7) is 2.95. The third kappa shape index (κ3) is 2.80. The quantitative estimate of drug-likeness (QED) is 0.371. The van der Waals surface area contributed by atoms with Crippen LogP contribution >= 0.6 is 22.6 Å². The number of hydrogen-bond donors (Lipinski definition) is 0. The zero-order chi connectivity index (χ0) is 15.1. The Morgan fingerprint density at radius 2 is 1.57 bits per heavy atom. The first-order chi connectivity index (χ1) is 9.97. The molecule has 0 aromatic heterocycles. The lowest BCUT2D eigenvalue weighted by Gasteiger charge is -2.47. The van der Waals surface area contributed by atoms with Crippen molar-refractivity contribution in [2.75, 3.05) is 26.4 Å². The summed E-state index contributed by atoms with van der Waals surface area (Å²) in [5.74, 6) is -3.34. The molecule has 2 spiro atoms. The molecule has 0 aromatic carbocycles. The van der Waals surface area contributed by atoms with E-state index >= 15 is 0 Å². The van der Waals surface area contributed by atoms with Gasteiger partial charge in [0, 0.05) is 0 Å². The minimum atomic E-state index is -1.50. The van der Waals surface area contributed by atoms with Gasteiger partial charge in [-0.1, -0.05) is 22.6 Å². The predicted molar refractivity (Wildman–Crippen MR) is 74.4 cm³/mol. The molecule has 0 N–H and O–H groups in total. The van der Waals surface area contributed by atoms with Crippen molar-refractivity contribution < 1.29 is 33.7 Å². The molecule has 1 unspecified atom stereocenters. The van der Waals surface area contributed by atoms with Crippen LogP contribution in [0.2, 0.25) is 0 Å². The van der Waals surface area contributed by atoms with E-state index in [9.17, 15) is 10.0 Å². The third-order valence-electron chi connectivity index (χ3n) is 3.67. The van der Waals surface area contributed by atoms with E-state index < -0.39 is 17.9 Å². The molecule has 8 nitrogen and oxygen atoms in total. The molecule has 0 amide bonds. The second-order valence-electron chi connectivity index (χ2n) is 5.20. The van der Waals surface area contributed by atoms with Gasteiger partial charge in [-0.2, -0.15) is 0 Å². The number of carbonyl (C=O) groups excluding carboxylic acids is 1. The van der Waals surface area contributed by atoms with Crippen molar-refractivity contribution in [1.29, 1.82) is 0 Å². The average Bonchev–Trinajstić information content (AvgIpc) is 3.07. The minimum Gasteiger partial charge on any atom is -0.461 e. The molecule has 9 heteroatoms. The maximum atomic E-state index is 12.6. The number of halogens is 1. The fourth-order valence-electron chi connectivity index (χ4n) is 2.77. The molecule has 1 radical (unpaired) electrons. The Morgan fingerprint density at radius 3 is 1.95 bits per heavy atom. The molecule has 21 heavy (non-hydrogen) atoms. The highest BCUT2D eigenvalue weighted by atomic mass is 127. The summed E-state index contributed by atoms with van der Waals surface area (Å²) < 4.78 is 27.1. The van der Waals surface area contributed by atoms with Crippen LogP contribution in [-0.2, 0) is 33.7 Å². The third-order valence-corrected chi connectivity index (χ3v) is 4.18.